The van der Waals surface area contributed by atoms with Gasteiger partial charge in [-0.25, -0.2) is 0 Å². The second-order valence-electron chi connectivity index (χ2n) is 9.42. The van der Waals surface area contributed by atoms with Crippen LogP contribution < -0.4 is 0 Å². The van der Waals surface area contributed by atoms with Crippen molar-refractivity contribution >= 4 is 11.6 Å². The Hall–Kier alpha value is -2.09. The van der Waals surface area contributed by atoms with Crippen molar-refractivity contribution in [1.29, 1.82) is 5.26 Å². The van der Waals surface area contributed by atoms with E-state index < -0.39 is 12.1 Å². The summed E-state index contributed by atoms with van der Waals surface area (Å²) in [5.41, 5.74) is 1.07. The number of methoxy groups -OCH3 is 1. The Morgan fingerprint density at radius 2 is 2.03 bits per heavy atom. The van der Waals surface area contributed by atoms with Crippen LogP contribution in [-0.2, 0) is 19.1 Å². The molecule has 0 saturated carbocycles. The lowest BCUT2D eigenvalue weighted by molar-refractivity contribution is -0.145. The molecule has 5 aliphatic heterocycles. The summed E-state index contributed by atoms with van der Waals surface area (Å²) in [6.45, 7) is 2.56. The lowest BCUT2D eigenvalue weighted by Gasteiger charge is -2.61. The van der Waals surface area contributed by atoms with Crippen molar-refractivity contribution in [3.05, 3.63) is 22.5 Å². The number of ketones is 2. The quantitative estimate of drug-likeness (QED) is 0.559. The van der Waals surface area contributed by atoms with Crippen molar-refractivity contribution in [1.82, 2.24) is 14.7 Å². The van der Waals surface area contributed by atoms with Crippen molar-refractivity contribution in [3.8, 4) is 6.07 Å². The summed E-state index contributed by atoms with van der Waals surface area (Å²) in [5, 5.41) is 20.7. The topological polar surface area (TPSA) is 106 Å². The summed E-state index contributed by atoms with van der Waals surface area (Å²) in [6.07, 6.45) is 0.694. The van der Waals surface area contributed by atoms with E-state index in [1.807, 2.05) is 4.90 Å². The first-order chi connectivity index (χ1) is 15.0. The number of nitriles is 1. The number of aliphatic hydroxyl groups is 1. The van der Waals surface area contributed by atoms with E-state index in [9.17, 15) is 20.0 Å². The molecule has 4 fully saturated rings. The molecule has 4 saturated heterocycles. The molecule has 1 unspecified atom stereocenters. The van der Waals surface area contributed by atoms with E-state index in [1.165, 1.54) is 7.11 Å². The number of hydrogen-bond donors (Lipinski definition) is 1. The fourth-order valence-corrected chi connectivity index (χ4v) is 7.45. The summed E-state index contributed by atoms with van der Waals surface area (Å²) >= 11 is 0. The number of nitrogens with zero attached hydrogens (tertiary/aromatic N) is 4. The van der Waals surface area contributed by atoms with Crippen molar-refractivity contribution in [2.24, 2.45) is 5.92 Å². The van der Waals surface area contributed by atoms with Gasteiger partial charge in [0.2, 0.25) is 5.78 Å². The maximum absolute atomic E-state index is 13.6. The summed E-state index contributed by atoms with van der Waals surface area (Å²) in [5.74, 6) is -0.292. The summed E-state index contributed by atoms with van der Waals surface area (Å²) in [7, 11) is 3.44. The molecular weight excluding hydrogens is 400 g/mol. The standard InChI is InChI=1S/C22H26N4O5/c1-9-19(28)15-14(20(29)21(9)30-3)13(8-27)26-12(7-23)11-6-10-16(24(11)2)18(26)17(15)25-4-5-31-22(10)25/h10-13,16-18,22,27H,4-6,8H2,1-3H3/t10-,11?,12-,13-,16-,17+,18+,22+/m1/s1. The molecule has 0 aromatic heterocycles. The molecule has 9 heteroatoms. The number of carbonyl (C=O) groups excluding carboxylic acids is 2. The Balaban J connectivity index is 1.63. The molecule has 6 aliphatic rings. The lowest BCUT2D eigenvalue weighted by atomic mass is 9.69. The molecule has 0 amide bonds. The zero-order valence-corrected chi connectivity index (χ0v) is 17.8. The molecule has 0 aromatic carbocycles. The van der Waals surface area contributed by atoms with Gasteiger partial charge in [-0.2, -0.15) is 5.26 Å². The zero-order valence-electron chi connectivity index (χ0n) is 17.8. The van der Waals surface area contributed by atoms with Crippen LogP contribution in [0.15, 0.2) is 22.5 Å². The van der Waals surface area contributed by atoms with E-state index >= 15 is 0 Å². The molecule has 31 heavy (non-hydrogen) atoms. The van der Waals surface area contributed by atoms with Crippen molar-refractivity contribution in [2.75, 3.05) is 33.9 Å². The molecule has 5 heterocycles. The zero-order chi connectivity index (χ0) is 21.8. The number of ether oxygens (including phenoxy) is 2. The number of hydrogen-bond acceptors (Lipinski definition) is 9. The van der Waals surface area contributed by atoms with E-state index in [-0.39, 0.29) is 60.2 Å². The normalized spacial score (nSPS) is 44.5. The van der Waals surface area contributed by atoms with E-state index in [4.69, 9.17) is 9.47 Å². The van der Waals surface area contributed by atoms with Crippen LogP contribution in [0.1, 0.15) is 13.3 Å². The molecular formula is C22H26N4O5. The predicted molar refractivity (Wildman–Crippen MR) is 106 cm³/mol. The summed E-state index contributed by atoms with van der Waals surface area (Å²) < 4.78 is 11.5. The lowest BCUT2D eigenvalue weighted by Crippen LogP contribution is -2.78. The maximum Gasteiger partial charge on any atom is 0.226 e. The number of Topliss-reactive ketones (excluding diaryl/α,β-unsaturated/α-hetero) is 2. The van der Waals surface area contributed by atoms with Crippen LogP contribution in [-0.4, -0.2) is 108 Å². The molecule has 1 aliphatic carbocycles. The monoisotopic (exact) mass is 426 g/mol. The number of aliphatic hydroxyl groups excluding tert-OH is 1. The third-order valence-electron chi connectivity index (χ3n) is 8.50. The van der Waals surface area contributed by atoms with Crippen LogP contribution in [0.4, 0.5) is 0 Å². The van der Waals surface area contributed by atoms with E-state index in [2.05, 4.69) is 22.9 Å². The van der Waals surface area contributed by atoms with Gasteiger partial charge in [-0.05, 0) is 20.4 Å². The highest BCUT2D eigenvalue weighted by Gasteiger charge is 2.68. The van der Waals surface area contributed by atoms with Gasteiger partial charge in [-0.15, -0.1) is 0 Å². The maximum atomic E-state index is 13.6. The molecule has 2 bridgehead atoms. The molecule has 8 atom stereocenters. The van der Waals surface area contributed by atoms with Crippen LogP contribution >= 0.6 is 0 Å². The van der Waals surface area contributed by atoms with Gasteiger partial charge < -0.3 is 14.6 Å². The number of carbonyl (C=O) groups is 2. The fraction of sp³-hybridized carbons (Fsp3) is 0.682. The predicted octanol–water partition coefficient (Wildman–Crippen LogP) is -0.965. The minimum Gasteiger partial charge on any atom is -0.492 e. The highest BCUT2D eigenvalue weighted by Crippen LogP contribution is 2.54. The third-order valence-corrected chi connectivity index (χ3v) is 8.50. The second kappa shape index (κ2) is 6.47. The van der Waals surface area contributed by atoms with E-state index in [1.54, 1.807) is 6.92 Å². The highest BCUT2D eigenvalue weighted by molar-refractivity contribution is 6.25. The summed E-state index contributed by atoms with van der Waals surface area (Å²) in [4.78, 5) is 33.7. The molecule has 0 aromatic rings. The van der Waals surface area contributed by atoms with Gasteiger partial charge in [0.05, 0.1) is 38.5 Å². The molecule has 1 N–H and O–H groups in total. The first-order valence-electron chi connectivity index (χ1n) is 10.9. The highest BCUT2D eigenvalue weighted by atomic mass is 16.5. The van der Waals surface area contributed by atoms with Crippen LogP contribution in [0, 0.1) is 17.2 Å². The minimum atomic E-state index is -0.701. The molecule has 164 valence electrons. The average Bonchev–Trinajstić information content (AvgIpc) is 3.34. The van der Waals surface area contributed by atoms with Gasteiger partial charge >= 0.3 is 0 Å². The number of fused-ring (bicyclic) bond motifs is 5. The van der Waals surface area contributed by atoms with Gasteiger partial charge in [0, 0.05) is 47.3 Å². The van der Waals surface area contributed by atoms with Crippen LogP contribution in [0.5, 0.6) is 0 Å². The van der Waals surface area contributed by atoms with Gasteiger partial charge in [0.15, 0.2) is 11.5 Å². The van der Waals surface area contributed by atoms with Gasteiger partial charge in [-0.3, -0.25) is 24.3 Å². The van der Waals surface area contributed by atoms with E-state index in [0.29, 0.717) is 29.9 Å². The smallest absolute Gasteiger partial charge is 0.226 e. The number of rotatable bonds is 2. The average molecular weight is 426 g/mol. The number of likely N-dealkylation sites (N-methyl/N-ethyl adjacent to an activating group) is 1. The fourth-order valence-electron chi connectivity index (χ4n) is 7.45. The first-order valence-corrected chi connectivity index (χ1v) is 10.9. The molecule has 0 spiro atoms. The Kier molecular flexibility index (Phi) is 4.08. The number of piperazine rings is 1. The van der Waals surface area contributed by atoms with Crippen LogP contribution in [0.2, 0.25) is 0 Å². The third kappa shape index (κ3) is 2.12. The SMILES string of the molecule is COC1=C(C)C(=O)C2=C(C1=O)[C@@H](CO)N1[C@H]3[C@H]4[C@@H](CC([C@H]1C#N)N4C)[C@@H]1OCCN1[C@@H]23. The van der Waals surface area contributed by atoms with E-state index in [0.717, 1.165) is 6.42 Å². The van der Waals surface area contributed by atoms with Gasteiger partial charge in [0.25, 0.3) is 0 Å². The van der Waals surface area contributed by atoms with Crippen molar-refractivity contribution < 1.29 is 24.2 Å². The van der Waals surface area contributed by atoms with Crippen LogP contribution in [0.25, 0.3) is 0 Å². The van der Waals surface area contributed by atoms with Gasteiger partial charge in [-0.1, -0.05) is 0 Å². The Bertz CT molecular complexity index is 998. The largest absolute Gasteiger partial charge is 0.492 e. The van der Waals surface area contributed by atoms with Crippen molar-refractivity contribution in [3.63, 3.8) is 0 Å². The van der Waals surface area contributed by atoms with Gasteiger partial charge in [0.1, 0.15) is 12.3 Å². The van der Waals surface area contributed by atoms with Crippen LogP contribution in [0.3, 0.4) is 0 Å². The number of piperidine rings is 1. The summed E-state index contributed by atoms with van der Waals surface area (Å²) in [6, 6.07) is 0.854. The Labute approximate surface area is 180 Å². The Morgan fingerprint density at radius 1 is 1.26 bits per heavy atom. The molecule has 0 radical (unpaired) electrons. The molecule has 9 nitrogen and oxygen atoms in total. The van der Waals surface area contributed by atoms with Crippen molar-refractivity contribution in [2.45, 2.75) is 55.8 Å². The molecule has 6 rings (SSSR count). The first kappa shape index (κ1) is 19.6. The number of allylic oxidation sites excluding steroid dienone is 2. The second-order valence-corrected chi connectivity index (χ2v) is 9.42. The minimum absolute atomic E-state index is 0.00850. The Morgan fingerprint density at radius 3 is 2.71 bits per heavy atom.